The van der Waals surface area contributed by atoms with Gasteiger partial charge in [-0.05, 0) is 24.1 Å². The number of aryl methyl sites for hydroxylation is 1. The molecule has 0 saturated carbocycles. The average Bonchev–Trinajstić information content (AvgIpc) is 2.62. The van der Waals surface area contributed by atoms with Crippen LogP contribution < -0.4 is 0 Å². The predicted octanol–water partition coefficient (Wildman–Crippen LogP) is 2.63. The minimum atomic E-state index is 0.0677. The van der Waals surface area contributed by atoms with Crippen molar-refractivity contribution in [3.8, 4) is 0 Å². The molecule has 1 aromatic carbocycles. The Balaban J connectivity index is 2.30. The fourth-order valence-electron chi connectivity index (χ4n) is 1.24. The van der Waals surface area contributed by atoms with Crippen molar-refractivity contribution in [3.05, 3.63) is 34.3 Å². The molecule has 0 aliphatic carbocycles. The molecule has 0 spiro atoms. The van der Waals surface area contributed by atoms with Gasteiger partial charge in [-0.25, -0.2) is 4.99 Å². The van der Waals surface area contributed by atoms with E-state index in [1.807, 2.05) is 25.1 Å². The molecule has 3 heteroatoms. The zero-order valence-corrected chi connectivity index (χ0v) is 8.01. The largest absolute Gasteiger partial charge is 0.471 e. The molecule has 0 amide bonds. The zero-order valence-electron chi connectivity index (χ0n) is 7.25. The predicted molar refractivity (Wildman–Crippen MR) is 52.3 cm³/mol. The summed E-state index contributed by atoms with van der Waals surface area (Å²) in [4.78, 5) is 4.05. The molecule has 0 saturated heterocycles. The van der Waals surface area contributed by atoms with E-state index in [1.54, 1.807) is 0 Å². The molecule has 0 bridgehead atoms. The van der Waals surface area contributed by atoms with Gasteiger partial charge in [0.1, 0.15) is 12.6 Å². The number of aliphatic imine (C=N–C) groups is 1. The van der Waals surface area contributed by atoms with Gasteiger partial charge >= 0.3 is 0 Å². The van der Waals surface area contributed by atoms with Crippen LogP contribution in [-0.4, -0.2) is 13.0 Å². The summed E-state index contributed by atoms with van der Waals surface area (Å²) in [7, 11) is 0. The Bertz CT molecular complexity index is 349. The monoisotopic (exact) mass is 194 g/mol. The van der Waals surface area contributed by atoms with Crippen LogP contribution in [-0.2, 0) is 4.74 Å². The fourth-order valence-corrected chi connectivity index (χ4v) is 1.43. The van der Waals surface area contributed by atoms with Crippen LogP contribution in [0, 0.1) is 6.92 Å². The Morgan fingerprint density at radius 1 is 1.62 bits per heavy atom. The van der Waals surface area contributed by atoms with Crippen LogP contribution in [0.2, 0.25) is 5.02 Å². The van der Waals surface area contributed by atoms with Crippen molar-refractivity contribution in [1.82, 2.24) is 0 Å². The standard InChI is InChI=1S/C10H9ClNO/c1-7-2-3-8(4-9(7)11)10-5-13-6-12-10/h2-4,10H,5H2,1H3. The zero-order chi connectivity index (χ0) is 9.26. The molecule has 0 N–H and O–H groups in total. The molecule has 1 aromatic rings. The lowest BCUT2D eigenvalue weighted by molar-refractivity contribution is 0.330. The van der Waals surface area contributed by atoms with E-state index in [4.69, 9.17) is 16.3 Å². The minimum Gasteiger partial charge on any atom is -0.471 e. The van der Waals surface area contributed by atoms with Crippen LogP contribution >= 0.6 is 11.6 Å². The number of benzene rings is 1. The molecule has 1 radical (unpaired) electrons. The van der Waals surface area contributed by atoms with Gasteiger partial charge in [-0.1, -0.05) is 23.7 Å². The summed E-state index contributed by atoms with van der Waals surface area (Å²) in [5.74, 6) is 0. The number of ether oxygens (including phenoxy) is 1. The second kappa shape index (κ2) is 3.38. The summed E-state index contributed by atoms with van der Waals surface area (Å²) in [5.41, 5.74) is 2.16. The normalized spacial score (nSPS) is 20.3. The van der Waals surface area contributed by atoms with E-state index < -0.39 is 0 Å². The Kier molecular flexibility index (Phi) is 2.23. The van der Waals surface area contributed by atoms with Crippen LogP contribution in [0.5, 0.6) is 0 Å². The van der Waals surface area contributed by atoms with Crippen molar-refractivity contribution in [1.29, 1.82) is 0 Å². The van der Waals surface area contributed by atoms with Crippen LogP contribution in [0.25, 0.3) is 0 Å². The van der Waals surface area contributed by atoms with Crippen molar-refractivity contribution in [2.24, 2.45) is 4.99 Å². The van der Waals surface area contributed by atoms with Gasteiger partial charge in [0.25, 0.3) is 6.40 Å². The highest BCUT2D eigenvalue weighted by Gasteiger charge is 2.15. The van der Waals surface area contributed by atoms with Gasteiger partial charge in [-0.15, -0.1) is 0 Å². The van der Waals surface area contributed by atoms with E-state index in [-0.39, 0.29) is 6.04 Å². The van der Waals surface area contributed by atoms with E-state index in [0.717, 1.165) is 16.1 Å². The van der Waals surface area contributed by atoms with Crippen molar-refractivity contribution in [2.45, 2.75) is 13.0 Å². The van der Waals surface area contributed by atoms with Gasteiger partial charge in [-0.3, -0.25) is 0 Å². The van der Waals surface area contributed by atoms with Crippen molar-refractivity contribution >= 4 is 18.0 Å². The third-order valence-corrected chi connectivity index (χ3v) is 2.50. The highest BCUT2D eigenvalue weighted by atomic mass is 35.5. The molecule has 2 rings (SSSR count). The number of rotatable bonds is 1. The topological polar surface area (TPSA) is 21.6 Å². The van der Waals surface area contributed by atoms with Crippen molar-refractivity contribution in [3.63, 3.8) is 0 Å². The Morgan fingerprint density at radius 2 is 2.46 bits per heavy atom. The molecular weight excluding hydrogens is 186 g/mol. The summed E-state index contributed by atoms with van der Waals surface area (Å²) in [6.07, 6.45) is 2.49. The van der Waals surface area contributed by atoms with E-state index in [2.05, 4.69) is 11.4 Å². The summed E-state index contributed by atoms with van der Waals surface area (Å²) < 4.78 is 4.92. The summed E-state index contributed by atoms with van der Waals surface area (Å²) in [6.45, 7) is 2.55. The van der Waals surface area contributed by atoms with E-state index in [0.29, 0.717) is 6.61 Å². The Labute approximate surface area is 82.2 Å². The number of nitrogens with zero attached hydrogens (tertiary/aromatic N) is 1. The fraction of sp³-hybridized carbons (Fsp3) is 0.300. The molecule has 1 aliphatic rings. The maximum atomic E-state index is 5.99. The Morgan fingerprint density at radius 3 is 3.08 bits per heavy atom. The van der Waals surface area contributed by atoms with Gasteiger partial charge in [-0.2, -0.15) is 0 Å². The van der Waals surface area contributed by atoms with Gasteiger partial charge in [0.2, 0.25) is 0 Å². The lowest BCUT2D eigenvalue weighted by atomic mass is 10.1. The number of hydrogen-bond donors (Lipinski definition) is 0. The van der Waals surface area contributed by atoms with Crippen molar-refractivity contribution in [2.75, 3.05) is 6.61 Å². The molecule has 0 fully saturated rings. The quantitative estimate of drug-likeness (QED) is 0.674. The molecule has 1 unspecified atom stereocenters. The summed E-state index contributed by atoms with van der Waals surface area (Å²) in [6, 6.07) is 6.01. The molecule has 1 heterocycles. The smallest absolute Gasteiger partial charge is 0.273 e. The SMILES string of the molecule is Cc1ccc(C2CO[C]=N2)cc1Cl. The molecule has 67 valence electrons. The summed E-state index contributed by atoms with van der Waals surface area (Å²) in [5, 5.41) is 0.777. The number of halogens is 1. The van der Waals surface area contributed by atoms with Gasteiger partial charge in [0.05, 0.1) is 0 Å². The van der Waals surface area contributed by atoms with Crippen LogP contribution in [0.3, 0.4) is 0 Å². The van der Waals surface area contributed by atoms with E-state index in [9.17, 15) is 0 Å². The third kappa shape index (κ3) is 1.68. The first kappa shape index (κ1) is 8.57. The first-order chi connectivity index (χ1) is 6.27. The maximum absolute atomic E-state index is 5.99. The molecule has 1 aliphatic heterocycles. The highest BCUT2D eigenvalue weighted by molar-refractivity contribution is 6.31. The molecule has 0 aromatic heterocycles. The first-order valence-corrected chi connectivity index (χ1v) is 4.48. The van der Waals surface area contributed by atoms with E-state index in [1.165, 1.54) is 0 Å². The van der Waals surface area contributed by atoms with Crippen LogP contribution in [0.1, 0.15) is 17.2 Å². The Hall–Kier alpha value is -1.02. The van der Waals surface area contributed by atoms with Gasteiger partial charge < -0.3 is 4.74 Å². The van der Waals surface area contributed by atoms with Gasteiger partial charge in [0, 0.05) is 5.02 Å². The molecule has 2 nitrogen and oxygen atoms in total. The lowest BCUT2D eigenvalue weighted by Crippen LogP contribution is -1.97. The number of hydrogen-bond acceptors (Lipinski definition) is 2. The molecular formula is C10H9ClNO. The second-order valence-electron chi connectivity index (χ2n) is 3.06. The third-order valence-electron chi connectivity index (χ3n) is 2.09. The van der Waals surface area contributed by atoms with Crippen LogP contribution in [0.4, 0.5) is 0 Å². The molecule has 13 heavy (non-hydrogen) atoms. The highest BCUT2D eigenvalue weighted by Crippen LogP contribution is 2.25. The summed E-state index contributed by atoms with van der Waals surface area (Å²) >= 11 is 5.99. The second-order valence-corrected chi connectivity index (χ2v) is 3.46. The van der Waals surface area contributed by atoms with Crippen LogP contribution in [0.15, 0.2) is 23.2 Å². The molecule has 1 atom stereocenters. The lowest BCUT2D eigenvalue weighted by Gasteiger charge is -2.06. The maximum Gasteiger partial charge on any atom is 0.273 e. The van der Waals surface area contributed by atoms with E-state index >= 15 is 0 Å². The first-order valence-electron chi connectivity index (χ1n) is 4.10. The average molecular weight is 195 g/mol. The minimum absolute atomic E-state index is 0.0677. The van der Waals surface area contributed by atoms with Gasteiger partial charge in [0.15, 0.2) is 0 Å². The van der Waals surface area contributed by atoms with Crippen molar-refractivity contribution < 1.29 is 4.74 Å².